The van der Waals surface area contributed by atoms with E-state index in [0.29, 0.717) is 22.3 Å². The predicted molar refractivity (Wildman–Crippen MR) is 78.9 cm³/mol. The van der Waals surface area contributed by atoms with Gasteiger partial charge in [-0.25, -0.2) is 4.79 Å². The van der Waals surface area contributed by atoms with E-state index in [1.165, 1.54) is 0 Å². The summed E-state index contributed by atoms with van der Waals surface area (Å²) in [6, 6.07) is 4.79. The van der Waals surface area contributed by atoms with Gasteiger partial charge in [0.15, 0.2) is 6.10 Å². The van der Waals surface area contributed by atoms with Crippen LogP contribution in [-0.4, -0.2) is 54.2 Å². The number of anilines is 1. The molecule has 8 heteroatoms. The lowest BCUT2D eigenvalue weighted by Gasteiger charge is -2.30. The summed E-state index contributed by atoms with van der Waals surface area (Å²) in [4.78, 5) is 24.5. The SMILES string of the molecule is O=C(CN1CCOC(C(=O)O)C1)Nc1ccc(Cl)c(Cl)c1. The molecule has 0 aromatic heterocycles. The molecule has 2 rings (SSSR count). The van der Waals surface area contributed by atoms with Crippen LogP contribution in [0.4, 0.5) is 5.69 Å². The molecule has 0 spiro atoms. The van der Waals surface area contributed by atoms with Crippen LogP contribution in [0.1, 0.15) is 0 Å². The van der Waals surface area contributed by atoms with Gasteiger partial charge < -0.3 is 15.2 Å². The van der Waals surface area contributed by atoms with E-state index < -0.39 is 12.1 Å². The lowest BCUT2D eigenvalue weighted by atomic mass is 10.2. The number of carbonyl (C=O) groups excluding carboxylic acids is 1. The summed E-state index contributed by atoms with van der Waals surface area (Å²) in [5.74, 6) is -1.27. The van der Waals surface area contributed by atoms with E-state index in [9.17, 15) is 9.59 Å². The second-order valence-corrected chi connectivity index (χ2v) is 5.42. The Kier molecular flexibility index (Phi) is 5.41. The van der Waals surface area contributed by atoms with Gasteiger partial charge in [-0.1, -0.05) is 23.2 Å². The first-order valence-electron chi connectivity index (χ1n) is 6.27. The van der Waals surface area contributed by atoms with Crippen molar-refractivity contribution in [1.29, 1.82) is 0 Å². The van der Waals surface area contributed by atoms with Crippen molar-refractivity contribution < 1.29 is 19.4 Å². The fourth-order valence-electron chi connectivity index (χ4n) is 1.97. The number of aliphatic carboxylic acids is 1. The van der Waals surface area contributed by atoms with Crippen molar-refractivity contribution in [3.05, 3.63) is 28.2 Å². The fourth-order valence-corrected chi connectivity index (χ4v) is 2.27. The van der Waals surface area contributed by atoms with Crippen LogP contribution < -0.4 is 5.32 Å². The maximum Gasteiger partial charge on any atom is 0.334 e. The van der Waals surface area contributed by atoms with Crippen molar-refractivity contribution in [2.45, 2.75) is 6.10 Å². The third-order valence-electron chi connectivity index (χ3n) is 3.00. The molecule has 1 unspecified atom stereocenters. The first kappa shape index (κ1) is 16.0. The highest BCUT2D eigenvalue weighted by Crippen LogP contribution is 2.24. The number of rotatable bonds is 4. The molecular formula is C13H14Cl2N2O4. The molecule has 114 valence electrons. The Morgan fingerprint density at radius 1 is 1.38 bits per heavy atom. The van der Waals surface area contributed by atoms with Gasteiger partial charge in [0.2, 0.25) is 5.91 Å². The summed E-state index contributed by atoms with van der Waals surface area (Å²) in [6.07, 6.45) is -0.892. The van der Waals surface area contributed by atoms with Gasteiger partial charge in [-0.3, -0.25) is 9.69 Å². The second-order valence-electron chi connectivity index (χ2n) is 4.61. The monoisotopic (exact) mass is 332 g/mol. The largest absolute Gasteiger partial charge is 0.479 e. The van der Waals surface area contributed by atoms with Gasteiger partial charge >= 0.3 is 5.97 Å². The molecule has 1 aliphatic heterocycles. The minimum Gasteiger partial charge on any atom is -0.479 e. The molecule has 0 radical (unpaired) electrons. The standard InChI is InChI=1S/C13H14Cl2N2O4/c14-9-2-1-8(5-10(9)15)16-12(18)7-17-3-4-21-11(6-17)13(19)20/h1-2,5,11H,3-4,6-7H2,(H,16,18)(H,19,20). The number of benzene rings is 1. The smallest absolute Gasteiger partial charge is 0.334 e. The minimum absolute atomic E-state index is 0.0907. The fraction of sp³-hybridized carbons (Fsp3) is 0.385. The summed E-state index contributed by atoms with van der Waals surface area (Å²) >= 11 is 11.7. The number of amides is 1. The van der Waals surface area contributed by atoms with Crippen LogP contribution in [0.25, 0.3) is 0 Å². The Morgan fingerprint density at radius 3 is 2.81 bits per heavy atom. The normalized spacial score (nSPS) is 19.2. The molecule has 1 amide bonds. The Bertz CT molecular complexity index is 553. The van der Waals surface area contributed by atoms with Crippen LogP contribution in [0, 0.1) is 0 Å². The predicted octanol–water partition coefficient (Wildman–Crippen LogP) is 1.72. The number of nitrogens with zero attached hydrogens (tertiary/aromatic N) is 1. The van der Waals surface area contributed by atoms with E-state index in [-0.39, 0.29) is 25.6 Å². The second kappa shape index (κ2) is 7.09. The number of ether oxygens (including phenoxy) is 1. The number of carboxylic acids is 1. The maximum atomic E-state index is 11.9. The first-order valence-corrected chi connectivity index (χ1v) is 7.03. The molecule has 0 bridgehead atoms. The lowest BCUT2D eigenvalue weighted by Crippen LogP contribution is -2.48. The first-order chi connectivity index (χ1) is 9.95. The number of hydrogen-bond donors (Lipinski definition) is 2. The Balaban J connectivity index is 1.89. The summed E-state index contributed by atoms with van der Waals surface area (Å²) in [5.41, 5.74) is 0.539. The van der Waals surface area contributed by atoms with E-state index in [1.54, 1.807) is 23.1 Å². The van der Waals surface area contributed by atoms with Crippen LogP contribution >= 0.6 is 23.2 Å². The Labute approximate surface area is 131 Å². The third kappa shape index (κ3) is 4.57. The highest BCUT2D eigenvalue weighted by atomic mass is 35.5. The zero-order valence-electron chi connectivity index (χ0n) is 11.0. The molecule has 1 heterocycles. The number of hydrogen-bond acceptors (Lipinski definition) is 4. The molecule has 21 heavy (non-hydrogen) atoms. The molecule has 0 aliphatic carbocycles. The van der Waals surface area contributed by atoms with Gasteiger partial charge in [0.1, 0.15) is 0 Å². The highest BCUT2D eigenvalue weighted by Gasteiger charge is 2.27. The van der Waals surface area contributed by atoms with Gasteiger partial charge in [0, 0.05) is 18.8 Å². The molecule has 1 aromatic carbocycles. The summed E-state index contributed by atoms with van der Waals surface area (Å²) in [6.45, 7) is 1.08. The van der Waals surface area contributed by atoms with Crippen molar-refractivity contribution in [3.8, 4) is 0 Å². The summed E-state index contributed by atoms with van der Waals surface area (Å²) in [5, 5.41) is 12.4. The number of nitrogens with one attached hydrogen (secondary N) is 1. The zero-order valence-corrected chi connectivity index (χ0v) is 12.5. The van der Waals surface area contributed by atoms with E-state index in [0.717, 1.165) is 0 Å². The minimum atomic E-state index is -1.02. The molecular weight excluding hydrogens is 319 g/mol. The van der Waals surface area contributed by atoms with Gasteiger partial charge in [-0.05, 0) is 18.2 Å². The number of carbonyl (C=O) groups is 2. The molecule has 1 aliphatic rings. The van der Waals surface area contributed by atoms with Gasteiger partial charge in [-0.2, -0.15) is 0 Å². The van der Waals surface area contributed by atoms with Crippen molar-refractivity contribution in [1.82, 2.24) is 4.90 Å². The number of morpholine rings is 1. The average molecular weight is 333 g/mol. The molecule has 2 N–H and O–H groups in total. The van der Waals surface area contributed by atoms with Gasteiger partial charge in [0.25, 0.3) is 0 Å². The molecule has 0 saturated carbocycles. The van der Waals surface area contributed by atoms with E-state index >= 15 is 0 Å². The molecule has 1 fully saturated rings. The summed E-state index contributed by atoms with van der Waals surface area (Å²) in [7, 11) is 0. The number of carboxylic acid groups (broad SMARTS) is 1. The van der Waals surface area contributed by atoms with E-state index in [1.807, 2.05) is 0 Å². The summed E-state index contributed by atoms with van der Waals surface area (Å²) < 4.78 is 5.09. The van der Waals surface area contributed by atoms with Crippen LogP contribution in [0.2, 0.25) is 10.0 Å². The quantitative estimate of drug-likeness (QED) is 0.877. The number of halogens is 2. The Hall–Kier alpha value is -1.34. The third-order valence-corrected chi connectivity index (χ3v) is 3.74. The molecule has 1 aromatic rings. The van der Waals surface area contributed by atoms with Crippen molar-refractivity contribution in [3.63, 3.8) is 0 Å². The van der Waals surface area contributed by atoms with Gasteiger partial charge in [-0.15, -0.1) is 0 Å². The van der Waals surface area contributed by atoms with Crippen LogP contribution in [0.3, 0.4) is 0 Å². The Morgan fingerprint density at radius 2 is 2.14 bits per heavy atom. The molecule has 1 atom stereocenters. The lowest BCUT2D eigenvalue weighted by molar-refractivity contribution is -0.156. The highest BCUT2D eigenvalue weighted by molar-refractivity contribution is 6.42. The van der Waals surface area contributed by atoms with Crippen molar-refractivity contribution in [2.24, 2.45) is 0 Å². The maximum absolute atomic E-state index is 11.9. The van der Waals surface area contributed by atoms with Gasteiger partial charge in [0.05, 0.1) is 23.2 Å². The molecule has 1 saturated heterocycles. The van der Waals surface area contributed by atoms with Crippen LogP contribution in [0.15, 0.2) is 18.2 Å². The molecule has 6 nitrogen and oxygen atoms in total. The zero-order chi connectivity index (χ0) is 15.4. The average Bonchev–Trinajstić information content (AvgIpc) is 2.43. The van der Waals surface area contributed by atoms with Crippen LogP contribution in [0.5, 0.6) is 0 Å². The van der Waals surface area contributed by atoms with Crippen LogP contribution in [-0.2, 0) is 14.3 Å². The van der Waals surface area contributed by atoms with E-state index in [4.69, 9.17) is 33.0 Å². The van der Waals surface area contributed by atoms with E-state index in [2.05, 4.69) is 5.32 Å². The topological polar surface area (TPSA) is 78.9 Å². The van der Waals surface area contributed by atoms with Crippen molar-refractivity contribution >= 4 is 40.8 Å². The van der Waals surface area contributed by atoms with Crippen molar-refractivity contribution in [2.75, 3.05) is 31.6 Å².